The van der Waals surface area contributed by atoms with Crippen LogP contribution >= 0.6 is 0 Å². The van der Waals surface area contributed by atoms with Crippen LogP contribution in [0.4, 0.5) is 5.95 Å². The number of likely N-dealkylation sites (tertiary alicyclic amines) is 1. The number of carbonyl (C=O) groups is 1. The SMILES string of the molecule is COc1ccnc(N2CCC3(CCN(C(c4c[nH]c5ccccc45)S(=O)(=O)c4ccc(C)cc4)C3=O)C2)n1. The number of nitrogens with zero attached hydrogens (tertiary/aromatic N) is 4. The molecular weight excluding hydrogens is 502 g/mol. The molecule has 0 aliphatic carbocycles. The number of hydrogen-bond donors (Lipinski definition) is 1. The predicted octanol–water partition coefficient (Wildman–Crippen LogP) is 3.88. The molecule has 1 amide bonds. The molecule has 2 aliphatic rings. The van der Waals surface area contributed by atoms with Gasteiger partial charge in [-0.15, -0.1) is 0 Å². The smallest absolute Gasteiger partial charge is 0.232 e. The number of hydrogen-bond acceptors (Lipinski definition) is 7. The van der Waals surface area contributed by atoms with Crippen molar-refractivity contribution in [2.75, 3.05) is 31.6 Å². The molecule has 2 saturated heterocycles. The minimum absolute atomic E-state index is 0.145. The summed E-state index contributed by atoms with van der Waals surface area (Å²) >= 11 is 0. The van der Waals surface area contributed by atoms with Gasteiger partial charge in [-0.05, 0) is 38.0 Å². The molecule has 0 saturated carbocycles. The summed E-state index contributed by atoms with van der Waals surface area (Å²) in [6, 6.07) is 16.1. The van der Waals surface area contributed by atoms with E-state index in [0.717, 1.165) is 16.5 Å². The van der Waals surface area contributed by atoms with E-state index in [1.165, 1.54) is 0 Å². The maximum atomic E-state index is 14.2. The van der Waals surface area contributed by atoms with Gasteiger partial charge in [-0.25, -0.2) is 13.4 Å². The first-order valence-electron chi connectivity index (χ1n) is 12.6. The van der Waals surface area contributed by atoms with E-state index in [0.29, 0.717) is 49.9 Å². The van der Waals surface area contributed by atoms with Crippen molar-refractivity contribution >= 4 is 32.6 Å². The minimum Gasteiger partial charge on any atom is -0.481 e. The zero-order valence-electron chi connectivity index (χ0n) is 21.3. The Kier molecular flexibility index (Phi) is 5.86. The monoisotopic (exact) mass is 531 g/mol. The molecule has 2 aromatic heterocycles. The molecule has 0 radical (unpaired) electrons. The Morgan fingerprint density at radius 2 is 1.82 bits per heavy atom. The molecule has 9 nitrogen and oxygen atoms in total. The molecule has 2 aromatic carbocycles. The normalized spacial score (nSPS) is 20.5. The van der Waals surface area contributed by atoms with Crippen LogP contribution in [0.25, 0.3) is 10.9 Å². The van der Waals surface area contributed by atoms with Gasteiger partial charge < -0.3 is 19.5 Å². The van der Waals surface area contributed by atoms with Gasteiger partial charge in [-0.2, -0.15) is 4.98 Å². The van der Waals surface area contributed by atoms with Crippen LogP contribution in [0, 0.1) is 12.3 Å². The molecule has 1 spiro atoms. The Labute approximate surface area is 221 Å². The molecule has 38 heavy (non-hydrogen) atoms. The summed E-state index contributed by atoms with van der Waals surface area (Å²) in [5.41, 5.74) is 1.68. The van der Waals surface area contributed by atoms with Crippen molar-refractivity contribution in [1.82, 2.24) is 19.9 Å². The Morgan fingerprint density at radius 1 is 1.05 bits per heavy atom. The van der Waals surface area contributed by atoms with E-state index in [9.17, 15) is 13.2 Å². The third-order valence-electron chi connectivity index (χ3n) is 7.82. The van der Waals surface area contributed by atoms with Crippen molar-refractivity contribution in [3.05, 3.63) is 78.1 Å². The van der Waals surface area contributed by atoms with E-state index < -0.39 is 20.6 Å². The van der Waals surface area contributed by atoms with Crippen LogP contribution in [0.2, 0.25) is 0 Å². The molecule has 1 N–H and O–H groups in total. The fraction of sp³-hybridized carbons (Fsp3) is 0.321. The highest BCUT2D eigenvalue weighted by Crippen LogP contribution is 2.47. The van der Waals surface area contributed by atoms with Gasteiger partial charge in [0.15, 0.2) is 5.37 Å². The number of ether oxygens (including phenoxy) is 1. The van der Waals surface area contributed by atoms with Crippen molar-refractivity contribution in [3.8, 4) is 5.88 Å². The van der Waals surface area contributed by atoms with Crippen LogP contribution in [0.15, 0.2) is 71.9 Å². The number of aryl methyl sites for hydroxylation is 1. The third-order valence-corrected chi connectivity index (χ3v) is 9.85. The molecule has 2 atom stereocenters. The van der Waals surface area contributed by atoms with Gasteiger partial charge in [0.25, 0.3) is 0 Å². The quantitative estimate of drug-likeness (QED) is 0.402. The van der Waals surface area contributed by atoms with Crippen LogP contribution in [-0.2, 0) is 14.6 Å². The lowest BCUT2D eigenvalue weighted by Gasteiger charge is -2.30. The second-order valence-corrected chi connectivity index (χ2v) is 12.1. The number of fused-ring (bicyclic) bond motifs is 1. The first-order chi connectivity index (χ1) is 18.3. The molecule has 2 fully saturated rings. The van der Waals surface area contributed by atoms with Crippen molar-refractivity contribution in [2.24, 2.45) is 5.41 Å². The summed E-state index contributed by atoms with van der Waals surface area (Å²) in [7, 11) is -2.39. The maximum absolute atomic E-state index is 14.2. The molecule has 2 aliphatic heterocycles. The Morgan fingerprint density at radius 3 is 2.61 bits per heavy atom. The molecule has 4 heterocycles. The molecule has 6 rings (SSSR count). The Hall–Kier alpha value is -3.92. The van der Waals surface area contributed by atoms with E-state index >= 15 is 0 Å². The number of aromatic nitrogens is 3. The van der Waals surface area contributed by atoms with Gasteiger partial charge in [-0.1, -0.05) is 35.9 Å². The predicted molar refractivity (Wildman–Crippen MR) is 144 cm³/mol. The lowest BCUT2D eigenvalue weighted by Crippen LogP contribution is -2.41. The zero-order valence-corrected chi connectivity index (χ0v) is 22.1. The molecule has 2 unspecified atom stereocenters. The number of para-hydroxylation sites is 1. The minimum atomic E-state index is -3.94. The van der Waals surface area contributed by atoms with Gasteiger partial charge in [0, 0.05) is 54.6 Å². The molecular formula is C28H29N5O4S. The number of carbonyl (C=O) groups excluding carboxylic acids is 1. The lowest BCUT2D eigenvalue weighted by atomic mass is 9.85. The Balaban J connectivity index is 1.39. The van der Waals surface area contributed by atoms with Gasteiger partial charge in [0.2, 0.25) is 27.6 Å². The summed E-state index contributed by atoms with van der Waals surface area (Å²) in [5, 5.41) is -0.352. The number of anilines is 1. The van der Waals surface area contributed by atoms with E-state index in [1.54, 1.807) is 54.7 Å². The number of sulfone groups is 1. The third kappa shape index (κ3) is 3.91. The van der Waals surface area contributed by atoms with E-state index in [-0.39, 0.29) is 10.8 Å². The standard InChI is InChI=1S/C28H29N5O4S/c1-19-7-9-20(10-8-19)38(35,36)25(22-17-30-23-6-4-3-5-21(22)23)33-16-13-28(26(33)34)12-15-32(18-28)27-29-14-11-24(31-27)37-2/h3-11,14,17,25,30H,12-13,15-16,18H2,1-2H3. The van der Waals surface area contributed by atoms with Gasteiger partial charge in [0.1, 0.15) is 0 Å². The highest BCUT2D eigenvalue weighted by molar-refractivity contribution is 7.91. The van der Waals surface area contributed by atoms with Crippen molar-refractivity contribution in [3.63, 3.8) is 0 Å². The zero-order chi connectivity index (χ0) is 26.5. The molecule has 0 bridgehead atoms. The largest absolute Gasteiger partial charge is 0.481 e. The Bertz CT molecular complexity index is 1620. The summed E-state index contributed by atoms with van der Waals surface area (Å²) in [6.07, 6.45) is 4.53. The number of aromatic amines is 1. The van der Waals surface area contributed by atoms with Crippen molar-refractivity contribution in [1.29, 1.82) is 0 Å². The molecule has 4 aromatic rings. The van der Waals surface area contributed by atoms with E-state index in [1.807, 2.05) is 36.1 Å². The van der Waals surface area contributed by atoms with Crippen LogP contribution in [-0.4, -0.2) is 60.9 Å². The topological polar surface area (TPSA) is 108 Å². The second kappa shape index (κ2) is 9.13. The number of rotatable bonds is 6. The fourth-order valence-corrected chi connectivity index (χ4v) is 7.59. The van der Waals surface area contributed by atoms with Crippen LogP contribution < -0.4 is 9.64 Å². The van der Waals surface area contributed by atoms with Crippen LogP contribution in [0.1, 0.15) is 29.3 Å². The average molecular weight is 532 g/mol. The lowest BCUT2D eigenvalue weighted by molar-refractivity contribution is -0.135. The fourth-order valence-electron chi connectivity index (χ4n) is 5.75. The van der Waals surface area contributed by atoms with Crippen molar-refractivity contribution in [2.45, 2.75) is 30.0 Å². The average Bonchev–Trinajstić information content (AvgIpc) is 3.64. The van der Waals surface area contributed by atoms with Crippen LogP contribution in [0.3, 0.4) is 0 Å². The first kappa shape index (κ1) is 24.4. The number of amides is 1. The summed E-state index contributed by atoms with van der Waals surface area (Å²) in [5.74, 6) is 0.820. The molecule has 10 heteroatoms. The van der Waals surface area contributed by atoms with Crippen molar-refractivity contribution < 1.29 is 17.9 Å². The maximum Gasteiger partial charge on any atom is 0.232 e. The van der Waals surface area contributed by atoms with Gasteiger partial charge in [0.05, 0.1) is 17.4 Å². The molecule has 196 valence electrons. The summed E-state index contributed by atoms with van der Waals surface area (Å²) in [4.78, 5) is 30.0. The highest BCUT2D eigenvalue weighted by atomic mass is 32.2. The van der Waals surface area contributed by atoms with Gasteiger partial charge >= 0.3 is 0 Å². The second-order valence-electron chi connectivity index (χ2n) is 10.1. The number of methoxy groups -OCH3 is 1. The van der Waals surface area contributed by atoms with Gasteiger partial charge in [-0.3, -0.25) is 4.79 Å². The first-order valence-corrected chi connectivity index (χ1v) is 14.2. The van der Waals surface area contributed by atoms with E-state index in [4.69, 9.17) is 4.74 Å². The number of benzene rings is 2. The summed E-state index contributed by atoms with van der Waals surface area (Å²) in [6.45, 7) is 3.30. The summed E-state index contributed by atoms with van der Waals surface area (Å²) < 4.78 is 33.7. The van der Waals surface area contributed by atoms with E-state index in [2.05, 4.69) is 15.0 Å². The van der Waals surface area contributed by atoms with Crippen LogP contribution in [0.5, 0.6) is 5.88 Å². The highest BCUT2D eigenvalue weighted by Gasteiger charge is 2.55. The number of H-pyrrole nitrogens is 1. The number of nitrogens with one attached hydrogen (secondary N) is 1.